The van der Waals surface area contributed by atoms with Gasteiger partial charge < -0.3 is 4.57 Å². The van der Waals surface area contributed by atoms with E-state index in [-0.39, 0.29) is 5.91 Å². The largest absolute Gasteiger partial charge is 0.350 e. The molecule has 1 amide bonds. The molecular formula is C24H25N3OS. The van der Waals surface area contributed by atoms with Crippen LogP contribution in [0.3, 0.4) is 0 Å². The Kier molecular flexibility index (Phi) is 5.33. The minimum atomic E-state index is 0.0301. The number of carbonyl (C=O) groups is 1. The summed E-state index contributed by atoms with van der Waals surface area (Å²) in [7, 11) is 2.03. The van der Waals surface area contributed by atoms with Crippen LogP contribution in [0, 0.1) is 12.8 Å². The molecule has 4 rings (SSSR count). The highest BCUT2D eigenvalue weighted by molar-refractivity contribution is 8.18. The fraction of sp³-hybridized carbons (Fsp3) is 0.250. The lowest BCUT2D eigenvalue weighted by molar-refractivity contribution is -0.122. The molecule has 0 bridgehead atoms. The molecule has 5 heteroatoms. The highest BCUT2D eigenvalue weighted by Gasteiger charge is 2.33. The molecule has 1 saturated heterocycles. The average Bonchev–Trinajstić information content (AvgIpc) is 3.16. The number of amidine groups is 1. The van der Waals surface area contributed by atoms with Crippen LogP contribution in [0.4, 0.5) is 5.69 Å². The van der Waals surface area contributed by atoms with Gasteiger partial charge in [0.1, 0.15) is 0 Å². The fourth-order valence-corrected chi connectivity index (χ4v) is 4.48. The normalized spacial score (nSPS) is 17.4. The maximum Gasteiger partial charge on any atom is 0.266 e. The van der Waals surface area contributed by atoms with Crippen molar-refractivity contribution in [1.82, 2.24) is 9.47 Å². The van der Waals surface area contributed by atoms with Crippen LogP contribution < -0.4 is 0 Å². The first-order chi connectivity index (χ1) is 13.9. The van der Waals surface area contributed by atoms with Crippen molar-refractivity contribution in [3.05, 3.63) is 70.8 Å². The summed E-state index contributed by atoms with van der Waals surface area (Å²) in [5, 5.41) is 1.90. The Morgan fingerprint density at radius 2 is 1.83 bits per heavy atom. The zero-order valence-corrected chi connectivity index (χ0v) is 18.0. The molecule has 148 valence electrons. The van der Waals surface area contributed by atoms with Crippen LogP contribution in [-0.4, -0.2) is 27.1 Å². The lowest BCUT2D eigenvalue weighted by Gasteiger charge is -2.17. The second-order valence-corrected chi connectivity index (χ2v) is 8.87. The zero-order chi connectivity index (χ0) is 20.5. The predicted octanol–water partition coefficient (Wildman–Crippen LogP) is 5.75. The average molecular weight is 404 g/mol. The molecule has 0 N–H and O–H groups in total. The summed E-state index contributed by atoms with van der Waals surface area (Å²) in [6, 6.07) is 16.3. The summed E-state index contributed by atoms with van der Waals surface area (Å²) in [4.78, 5) is 20.5. The molecule has 0 aliphatic carbocycles. The van der Waals surface area contributed by atoms with E-state index in [1.54, 1.807) is 0 Å². The molecule has 1 aliphatic rings. The van der Waals surface area contributed by atoms with Crippen LogP contribution >= 0.6 is 11.8 Å². The van der Waals surface area contributed by atoms with Gasteiger partial charge in [0.25, 0.3) is 5.91 Å². The van der Waals surface area contributed by atoms with E-state index in [9.17, 15) is 4.79 Å². The number of aromatic nitrogens is 1. The van der Waals surface area contributed by atoms with E-state index in [0.29, 0.717) is 17.4 Å². The second kappa shape index (κ2) is 7.91. The number of hydrogen-bond acceptors (Lipinski definition) is 3. The number of para-hydroxylation sites is 1. The molecule has 29 heavy (non-hydrogen) atoms. The van der Waals surface area contributed by atoms with Crippen molar-refractivity contribution >= 4 is 45.5 Å². The highest BCUT2D eigenvalue weighted by Crippen LogP contribution is 2.36. The summed E-state index contributed by atoms with van der Waals surface area (Å²) in [5.74, 6) is 0.391. The lowest BCUT2D eigenvalue weighted by atomic mass is 10.1. The first-order valence-electron chi connectivity index (χ1n) is 9.83. The Morgan fingerprint density at radius 1 is 1.10 bits per heavy atom. The number of fused-ring (bicyclic) bond motifs is 1. The maximum atomic E-state index is 13.2. The van der Waals surface area contributed by atoms with Crippen LogP contribution in [0.15, 0.2) is 64.6 Å². The quantitative estimate of drug-likeness (QED) is 0.521. The predicted molar refractivity (Wildman–Crippen MR) is 123 cm³/mol. The van der Waals surface area contributed by atoms with E-state index >= 15 is 0 Å². The number of benzene rings is 2. The van der Waals surface area contributed by atoms with Gasteiger partial charge in [0.15, 0.2) is 5.17 Å². The van der Waals surface area contributed by atoms with E-state index in [2.05, 4.69) is 43.7 Å². The third kappa shape index (κ3) is 4.01. The van der Waals surface area contributed by atoms with Gasteiger partial charge in [-0.1, -0.05) is 49.7 Å². The molecule has 1 fully saturated rings. The van der Waals surface area contributed by atoms with Gasteiger partial charge in [0.05, 0.1) is 10.6 Å². The van der Waals surface area contributed by atoms with Crippen LogP contribution in [-0.2, 0) is 11.8 Å². The summed E-state index contributed by atoms with van der Waals surface area (Å²) in [6.45, 7) is 6.95. The van der Waals surface area contributed by atoms with Crippen LogP contribution in [0.1, 0.15) is 25.0 Å². The van der Waals surface area contributed by atoms with Crippen molar-refractivity contribution in [2.24, 2.45) is 18.0 Å². The summed E-state index contributed by atoms with van der Waals surface area (Å²) < 4.78 is 2.10. The number of aliphatic imine (C=N–C) groups is 1. The van der Waals surface area contributed by atoms with Crippen molar-refractivity contribution in [2.45, 2.75) is 20.8 Å². The van der Waals surface area contributed by atoms with Gasteiger partial charge in [0.2, 0.25) is 0 Å². The SMILES string of the molecule is Cc1ccc(N=C2S/C(=C/c3cn(C)c4ccccc34)C(=O)N2CC(C)C)cc1. The number of aryl methyl sites for hydroxylation is 2. The van der Waals surface area contributed by atoms with Crippen molar-refractivity contribution in [1.29, 1.82) is 0 Å². The first-order valence-corrected chi connectivity index (χ1v) is 10.6. The fourth-order valence-electron chi connectivity index (χ4n) is 3.48. The third-order valence-corrected chi connectivity index (χ3v) is 5.92. The van der Waals surface area contributed by atoms with Gasteiger partial charge >= 0.3 is 0 Å². The first kappa shape index (κ1) is 19.5. The van der Waals surface area contributed by atoms with Crippen molar-refractivity contribution in [2.75, 3.05) is 6.54 Å². The molecule has 0 saturated carbocycles. The van der Waals surface area contributed by atoms with Crippen LogP contribution in [0.25, 0.3) is 17.0 Å². The van der Waals surface area contributed by atoms with Gasteiger partial charge in [-0.05, 0) is 48.9 Å². The Balaban J connectivity index is 1.74. The molecule has 2 aromatic carbocycles. The van der Waals surface area contributed by atoms with E-state index in [0.717, 1.165) is 27.3 Å². The van der Waals surface area contributed by atoms with Crippen molar-refractivity contribution in [3.63, 3.8) is 0 Å². The van der Waals surface area contributed by atoms with Gasteiger partial charge in [-0.25, -0.2) is 4.99 Å². The summed E-state index contributed by atoms with van der Waals surface area (Å²) in [5.41, 5.74) is 4.27. The molecule has 0 radical (unpaired) electrons. The monoisotopic (exact) mass is 403 g/mol. The Hall–Kier alpha value is -2.79. The molecule has 0 unspecified atom stereocenters. The standard InChI is InChI=1S/C24H25N3OS/c1-16(2)14-27-23(28)22(29-24(27)25-19-11-9-17(3)10-12-19)13-18-15-26(4)21-8-6-5-7-20(18)21/h5-13,15-16H,14H2,1-4H3/b22-13+,25-24?. The van der Waals surface area contributed by atoms with E-state index in [1.807, 2.05) is 54.4 Å². The number of rotatable bonds is 4. The topological polar surface area (TPSA) is 37.6 Å². The van der Waals surface area contributed by atoms with E-state index in [4.69, 9.17) is 4.99 Å². The number of amides is 1. The number of nitrogens with zero attached hydrogens (tertiary/aromatic N) is 3. The second-order valence-electron chi connectivity index (χ2n) is 7.86. The van der Waals surface area contributed by atoms with Crippen LogP contribution in [0.5, 0.6) is 0 Å². The molecule has 3 aromatic rings. The molecule has 1 aliphatic heterocycles. The molecular weight excluding hydrogens is 378 g/mol. The molecule has 4 nitrogen and oxygen atoms in total. The van der Waals surface area contributed by atoms with E-state index in [1.165, 1.54) is 17.3 Å². The van der Waals surface area contributed by atoms with Gasteiger partial charge in [-0.2, -0.15) is 0 Å². The lowest BCUT2D eigenvalue weighted by Crippen LogP contribution is -2.32. The molecule has 0 atom stereocenters. The van der Waals surface area contributed by atoms with Gasteiger partial charge in [-0.15, -0.1) is 0 Å². The minimum absolute atomic E-state index is 0.0301. The zero-order valence-electron chi connectivity index (χ0n) is 17.2. The summed E-state index contributed by atoms with van der Waals surface area (Å²) in [6.07, 6.45) is 4.08. The smallest absolute Gasteiger partial charge is 0.266 e. The third-order valence-electron chi connectivity index (χ3n) is 4.91. The molecule has 1 aromatic heterocycles. The van der Waals surface area contributed by atoms with Gasteiger partial charge in [-0.3, -0.25) is 9.69 Å². The Morgan fingerprint density at radius 3 is 2.55 bits per heavy atom. The van der Waals surface area contributed by atoms with Crippen LogP contribution in [0.2, 0.25) is 0 Å². The van der Waals surface area contributed by atoms with Crippen molar-refractivity contribution < 1.29 is 4.79 Å². The highest BCUT2D eigenvalue weighted by atomic mass is 32.2. The number of hydrogen-bond donors (Lipinski definition) is 0. The molecule has 2 heterocycles. The van der Waals surface area contributed by atoms with Crippen molar-refractivity contribution in [3.8, 4) is 0 Å². The number of thioether (sulfide) groups is 1. The Bertz CT molecular complexity index is 1120. The maximum absolute atomic E-state index is 13.2. The van der Waals surface area contributed by atoms with E-state index < -0.39 is 0 Å². The minimum Gasteiger partial charge on any atom is -0.350 e. The molecule has 0 spiro atoms. The Labute approximate surface area is 175 Å². The number of carbonyl (C=O) groups excluding carboxylic acids is 1. The van der Waals surface area contributed by atoms with Gasteiger partial charge in [0, 0.05) is 36.3 Å². The summed E-state index contributed by atoms with van der Waals surface area (Å²) >= 11 is 1.46.